The maximum Gasteiger partial charge on any atom is 0.256 e. The van der Waals surface area contributed by atoms with Crippen LogP contribution < -0.4 is 10.6 Å². The van der Waals surface area contributed by atoms with Crippen molar-refractivity contribution in [3.8, 4) is 0 Å². The monoisotopic (exact) mass is 469 g/mol. The van der Waals surface area contributed by atoms with Crippen LogP contribution in [0.3, 0.4) is 0 Å². The van der Waals surface area contributed by atoms with E-state index in [2.05, 4.69) is 15.6 Å². The number of carbonyl (C=O) groups excluding carboxylic acids is 4. The fourth-order valence-electron chi connectivity index (χ4n) is 3.81. The zero-order valence-corrected chi connectivity index (χ0v) is 20.0. The molecule has 1 aliphatic heterocycles. The van der Waals surface area contributed by atoms with Gasteiger partial charge in [0.1, 0.15) is 11.9 Å². The zero-order valence-electron chi connectivity index (χ0n) is 20.0. The predicted molar refractivity (Wildman–Crippen MR) is 126 cm³/mol. The minimum Gasteiger partial charge on any atom is -0.358 e. The SMILES string of the molecule is Cc1[nH]c(/C=C2\C(=O)Nc3ccc(F)cc32)c(C)c1C(=O)NC(CC(=O)N(C)C)C(=O)N(C)C. The standard InChI is InChI=1S/C24H28FN5O4/c1-12-18(10-16-15-9-14(25)7-8-17(15)27-22(16)32)26-13(2)21(12)23(33)28-19(24(34)30(5)6)11-20(31)29(3)4/h7-10,19,26H,11H2,1-6H3,(H,27,32)(H,28,33)/b16-10-. The van der Waals surface area contributed by atoms with Gasteiger partial charge in [-0.3, -0.25) is 19.2 Å². The Balaban J connectivity index is 1.93. The van der Waals surface area contributed by atoms with E-state index in [0.29, 0.717) is 33.8 Å². The van der Waals surface area contributed by atoms with Crippen LogP contribution in [0.15, 0.2) is 18.2 Å². The second-order valence-electron chi connectivity index (χ2n) is 8.62. The third-order valence-corrected chi connectivity index (χ3v) is 5.68. The molecular formula is C24H28FN5O4. The minimum absolute atomic E-state index is 0.183. The second-order valence-corrected chi connectivity index (χ2v) is 8.62. The molecule has 0 fully saturated rings. The van der Waals surface area contributed by atoms with Crippen molar-refractivity contribution in [3.63, 3.8) is 0 Å². The van der Waals surface area contributed by atoms with Crippen LogP contribution in [0.25, 0.3) is 11.6 Å². The summed E-state index contributed by atoms with van der Waals surface area (Å²) in [5.74, 6) is -2.07. The third-order valence-electron chi connectivity index (χ3n) is 5.68. The first kappa shape index (κ1) is 24.7. The Morgan fingerprint density at radius 1 is 1.12 bits per heavy atom. The van der Waals surface area contributed by atoms with Crippen molar-refractivity contribution < 1.29 is 23.6 Å². The first-order chi connectivity index (χ1) is 15.9. The summed E-state index contributed by atoms with van der Waals surface area (Å²) in [6, 6.07) is 2.99. The molecule has 3 N–H and O–H groups in total. The van der Waals surface area contributed by atoms with E-state index in [1.165, 1.54) is 28.0 Å². The number of amides is 4. The number of hydrogen-bond donors (Lipinski definition) is 3. The number of anilines is 1. The van der Waals surface area contributed by atoms with E-state index in [0.717, 1.165) is 0 Å². The summed E-state index contributed by atoms with van der Waals surface area (Å²) in [5.41, 5.74) is 3.09. The summed E-state index contributed by atoms with van der Waals surface area (Å²) in [6.07, 6.45) is 1.38. The number of nitrogens with one attached hydrogen (secondary N) is 3. The third kappa shape index (κ3) is 4.85. The van der Waals surface area contributed by atoms with Gasteiger partial charge >= 0.3 is 0 Å². The highest BCUT2D eigenvalue weighted by molar-refractivity contribution is 6.34. The summed E-state index contributed by atoms with van der Waals surface area (Å²) >= 11 is 0. The molecule has 2 aromatic rings. The van der Waals surface area contributed by atoms with Gasteiger partial charge in [0.25, 0.3) is 11.8 Å². The first-order valence-electron chi connectivity index (χ1n) is 10.6. The largest absolute Gasteiger partial charge is 0.358 e. The van der Waals surface area contributed by atoms with E-state index in [4.69, 9.17) is 0 Å². The Morgan fingerprint density at radius 2 is 1.79 bits per heavy atom. The molecule has 0 spiro atoms. The molecule has 1 aromatic heterocycles. The van der Waals surface area contributed by atoms with Crippen LogP contribution in [-0.2, 0) is 14.4 Å². The molecule has 0 bridgehead atoms. The first-order valence-corrected chi connectivity index (χ1v) is 10.6. The average Bonchev–Trinajstić information content (AvgIpc) is 3.21. The van der Waals surface area contributed by atoms with Crippen LogP contribution in [0.1, 0.15) is 39.3 Å². The molecule has 1 aliphatic rings. The smallest absolute Gasteiger partial charge is 0.256 e. The lowest BCUT2D eigenvalue weighted by molar-refractivity contribution is -0.136. The van der Waals surface area contributed by atoms with Crippen LogP contribution >= 0.6 is 0 Å². The number of rotatable bonds is 6. The van der Waals surface area contributed by atoms with Gasteiger partial charge in [-0.25, -0.2) is 4.39 Å². The molecule has 0 saturated heterocycles. The summed E-state index contributed by atoms with van der Waals surface area (Å²) in [4.78, 5) is 56.2. The molecule has 1 unspecified atom stereocenters. The molecule has 3 rings (SSSR count). The van der Waals surface area contributed by atoms with Crippen molar-refractivity contribution in [2.75, 3.05) is 33.5 Å². The summed E-state index contributed by atoms with van der Waals surface area (Å²) in [6.45, 7) is 3.40. The van der Waals surface area contributed by atoms with Gasteiger partial charge in [0.15, 0.2) is 0 Å². The van der Waals surface area contributed by atoms with Crippen LogP contribution in [0.4, 0.5) is 10.1 Å². The van der Waals surface area contributed by atoms with E-state index in [1.807, 2.05) is 0 Å². The highest BCUT2D eigenvalue weighted by Crippen LogP contribution is 2.34. The number of aryl methyl sites for hydroxylation is 1. The molecule has 0 aliphatic carbocycles. The fourth-order valence-corrected chi connectivity index (χ4v) is 3.81. The highest BCUT2D eigenvalue weighted by atomic mass is 19.1. The van der Waals surface area contributed by atoms with Gasteiger partial charge in [0, 0.05) is 50.8 Å². The number of likely N-dealkylation sites (N-methyl/N-ethyl adjacent to an activating group) is 1. The van der Waals surface area contributed by atoms with Gasteiger partial charge in [0.05, 0.1) is 17.6 Å². The number of aromatic amines is 1. The number of fused-ring (bicyclic) bond motifs is 1. The molecule has 0 radical (unpaired) electrons. The number of aromatic nitrogens is 1. The number of carbonyl (C=O) groups is 4. The van der Waals surface area contributed by atoms with Crippen molar-refractivity contribution in [3.05, 3.63) is 52.1 Å². The Hall–Kier alpha value is -3.95. The number of benzene rings is 1. The molecule has 0 saturated carbocycles. The predicted octanol–water partition coefficient (Wildman–Crippen LogP) is 1.93. The summed E-state index contributed by atoms with van der Waals surface area (Å²) in [7, 11) is 6.24. The van der Waals surface area contributed by atoms with Gasteiger partial charge in [-0.2, -0.15) is 0 Å². The van der Waals surface area contributed by atoms with Gasteiger partial charge in [0.2, 0.25) is 11.8 Å². The maximum atomic E-state index is 13.8. The van der Waals surface area contributed by atoms with Crippen molar-refractivity contribution in [2.45, 2.75) is 26.3 Å². The number of halogens is 1. The fraction of sp³-hybridized carbons (Fsp3) is 0.333. The van der Waals surface area contributed by atoms with Crippen molar-refractivity contribution in [1.82, 2.24) is 20.1 Å². The lowest BCUT2D eigenvalue weighted by Gasteiger charge is -2.23. The molecular weight excluding hydrogens is 441 g/mol. The zero-order chi connectivity index (χ0) is 25.3. The molecule has 2 heterocycles. The number of H-pyrrole nitrogens is 1. The van der Waals surface area contributed by atoms with E-state index >= 15 is 0 Å². The van der Waals surface area contributed by atoms with Crippen LogP contribution in [0.5, 0.6) is 0 Å². The van der Waals surface area contributed by atoms with E-state index in [1.54, 1.807) is 48.1 Å². The molecule has 180 valence electrons. The average molecular weight is 470 g/mol. The van der Waals surface area contributed by atoms with Gasteiger partial charge in [-0.05, 0) is 43.7 Å². The molecule has 1 aromatic carbocycles. The van der Waals surface area contributed by atoms with Crippen LogP contribution in [0, 0.1) is 19.7 Å². The van der Waals surface area contributed by atoms with Crippen molar-refractivity contribution in [2.24, 2.45) is 0 Å². The van der Waals surface area contributed by atoms with Crippen molar-refractivity contribution in [1.29, 1.82) is 0 Å². The highest BCUT2D eigenvalue weighted by Gasteiger charge is 2.29. The van der Waals surface area contributed by atoms with Crippen LogP contribution in [-0.4, -0.2) is 72.6 Å². The number of hydrogen-bond acceptors (Lipinski definition) is 4. The van der Waals surface area contributed by atoms with Crippen LogP contribution in [0.2, 0.25) is 0 Å². The summed E-state index contributed by atoms with van der Waals surface area (Å²) in [5, 5.41) is 5.36. The van der Waals surface area contributed by atoms with E-state index in [9.17, 15) is 23.6 Å². The topological polar surface area (TPSA) is 115 Å². The van der Waals surface area contributed by atoms with Crippen molar-refractivity contribution >= 4 is 41.0 Å². The quantitative estimate of drug-likeness (QED) is 0.561. The Morgan fingerprint density at radius 3 is 2.41 bits per heavy atom. The summed E-state index contributed by atoms with van der Waals surface area (Å²) < 4.78 is 13.8. The molecule has 4 amide bonds. The van der Waals surface area contributed by atoms with E-state index < -0.39 is 23.7 Å². The molecule has 9 nitrogen and oxygen atoms in total. The molecule has 34 heavy (non-hydrogen) atoms. The van der Waals surface area contributed by atoms with Gasteiger partial charge < -0.3 is 25.4 Å². The second kappa shape index (κ2) is 9.50. The normalized spacial score (nSPS) is 14.4. The molecule has 10 heteroatoms. The maximum absolute atomic E-state index is 13.8. The van der Waals surface area contributed by atoms with E-state index in [-0.39, 0.29) is 23.8 Å². The van der Waals surface area contributed by atoms with Gasteiger partial charge in [-0.1, -0.05) is 0 Å². The Kier molecular flexibility index (Phi) is 6.90. The lowest BCUT2D eigenvalue weighted by Crippen LogP contribution is -2.48. The number of nitrogens with zero attached hydrogens (tertiary/aromatic N) is 2. The lowest BCUT2D eigenvalue weighted by atomic mass is 10.0. The minimum atomic E-state index is -1.04. The van der Waals surface area contributed by atoms with Gasteiger partial charge in [-0.15, -0.1) is 0 Å². The Bertz CT molecular complexity index is 1210. The Labute approximate surface area is 197 Å². The molecule has 1 atom stereocenters.